The van der Waals surface area contributed by atoms with Crippen molar-refractivity contribution in [3.05, 3.63) is 89.2 Å². The lowest BCUT2D eigenvalue weighted by atomic mass is 10.1. The summed E-state index contributed by atoms with van der Waals surface area (Å²) in [4.78, 5) is 0.177. The number of aliphatic hydroxyl groups excluding tert-OH is 2. The minimum atomic E-state index is -3.75. The van der Waals surface area contributed by atoms with Crippen molar-refractivity contribution in [1.29, 1.82) is 0 Å². The summed E-state index contributed by atoms with van der Waals surface area (Å²) in [7, 11) is -3.75. The third-order valence-electron chi connectivity index (χ3n) is 6.70. The van der Waals surface area contributed by atoms with Gasteiger partial charge in [0.15, 0.2) is 0 Å². The molecule has 0 heterocycles. The highest BCUT2D eigenvalue weighted by atomic mass is 32.2. The zero-order valence-electron chi connectivity index (χ0n) is 23.3. The number of hydrogen-bond acceptors (Lipinski definition) is 7. The molecule has 0 radical (unpaired) electrons. The van der Waals surface area contributed by atoms with Crippen LogP contribution in [0, 0.1) is 5.82 Å². The van der Waals surface area contributed by atoms with Crippen LogP contribution in [0.4, 0.5) is 10.1 Å². The van der Waals surface area contributed by atoms with Crippen LogP contribution in [-0.4, -0.2) is 50.0 Å². The molecule has 8 nitrogen and oxygen atoms in total. The Balaban J connectivity index is 1.20. The molecule has 0 aromatic heterocycles. The number of anilines is 1. The van der Waals surface area contributed by atoms with Gasteiger partial charge in [0.1, 0.15) is 11.6 Å². The molecule has 224 valence electrons. The lowest BCUT2D eigenvalue weighted by Crippen LogP contribution is -2.22. The van der Waals surface area contributed by atoms with Gasteiger partial charge >= 0.3 is 0 Å². The van der Waals surface area contributed by atoms with Gasteiger partial charge in [0.2, 0.25) is 0 Å². The summed E-state index contributed by atoms with van der Waals surface area (Å²) in [5.74, 6) is -0.403. The van der Waals surface area contributed by atoms with E-state index in [2.05, 4.69) is 10.0 Å². The number of aromatic hydroxyl groups is 1. The maximum Gasteiger partial charge on any atom is 0.261 e. The van der Waals surface area contributed by atoms with Gasteiger partial charge in [-0.15, -0.1) is 0 Å². The van der Waals surface area contributed by atoms with E-state index in [1.54, 1.807) is 30.3 Å². The van der Waals surface area contributed by atoms with Gasteiger partial charge in [0.25, 0.3) is 10.0 Å². The van der Waals surface area contributed by atoms with Gasteiger partial charge in [0, 0.05) is 31.0 Å². The normalized spacial score (nSPS) is 12.4. The van der Waals surface area contributed by atoms with Gasteiger partial charge in [-0.3, -0.25) is 4.72 Å². The predicted molar refractivity (Wildman–Crippen MR) is 158 cm³/mol. The number of hydrogen-bond donors (Lipinski definition) is 5. The highest BCUT2D eigenvalue weighted by molar-refractivity contribution is 7.92. The Kier molecular flexibility index (Phi) is 13.5. The Morgan fingerprint density at radius 2 is 1.61 bits per heavy atom. The first kappa shape index (κ1) is 32.5. The number of aryl methyl sites for hydroxylation is 1. The molecule has 3 rings (SSSR count). The monoisotopic (exact) mass is 588 g/mol. The molecule has 0 spiro atoms. The van der Waals surface area contributed by atoms with Crippen LogP contribution in [0.2, 0.25) is 0 Å². The Labute approximate surface area is 242 Å². The van der Waals surface area contributed by atoms with Crippen LogP contribution in [0.15, 0.2) is 71.6 Å². The highest BCUT2D eigenvalue weighted by Crippen LogP contribution is 2.22. The van der Waals surface area contributed by atoms with E-state index in [-0.39, 0.29) is 17.3 Å². The largest absolute Gasteiger partial charge is 0.508 e. The van der Waals surface area contributed by atoms with E-state index in [9.17, 15) is 28.1 Å². The number of rotatable bonds is 19. The molecular formula is C31H41FN2O6S. The number of benzene rings is 3. The summed E-state index contributed by atoms with van der Waals surface area (Å²) < 4.78 is 46.6. The number of sulfonamides is 1. The predicted octanol–water partition coefficient (Wildman–Crippen LogP) is 5.05. The molecule has 10 heteroatoms. The van der Waals surface area contributed by atoms with Gasteiger partial charge in [-0.1, -0.05) is 31.0 Å². The molecule has 3 aromatic carbocycles. The topological polar surface area (TPSA) is 128 Å². The summed E-state index contributed by atoms with van der Waals surface area (Å²) >= 11 is 0. The molecule has 0 bridgehead atoms. The average molecular weight is 589 g/mol. The van der Waals surface area contributed by atoms with Crippen molar-refractivity contribution < 1.29 is 32.9 Å². The summed E-state index contributed by atoms with van der Waals surface area (Å²) in [6, 6.07) is 16.8. The molecule has 0 unspecified atom stereocenters. The third-order valence-corrected chi connectivity index (χ3v) is 8.08. The molecule has 0 saturated carbocycles. The summed E-state index contributed by atoms with van der Waals surface area (Å²) in [5, 5.41) is 32.4. The average Bonchev–Trinajstić information content (AvgIpc) is 2.97. The number of nitrogens with one attached hydrogen (secondary N) is 2. The van der Waals surface area contributed by atoms with Gasteiger partial charge in [-0.2, -0.15) is 0 Å². The number of aliphatic hydroxyl groups is 2. The van der Waals surface area contributed by atoms with Crippen molar-refractivity contribution in [3.63, 3.8) is 0 Å². The van der Waals surface area contributed by atoms with Crippen molar-refractivity contribution >= 4 is 15.7 Å². The van der Waals surface area contributed by atoms with E-state index in [0.29, 0.717) is 36.6 Å². The standard InChI is InChI=1S/C31H41FN2O6S/c32-27-12-14-28(15-13-27)34-41(38,39)29-10-7-9-24(20-29)8-3-6-19-40-18-5-2-1-4-17-33-22-31(37)25-11-16-30(36)26(21-25)23-35/h7,9-16,20-21,31,33-37H,1-6,8,17-19,22-23H2/t31-/m0/s1. The second-order valence-electron chi connectivity index (χ2n) is 10.0. The molecule has 0 aliphatic rings. The van der Waals surface area contributed by atoms with Gasteiger partial charge < -0.3 is 25.4 Å². The molecule has 0 aliphatic heterocycles. The maximum absolute atomic E-state index is 13.1. The van der Waals surface area contributed by atoms with E-state index < -0.39 is 21.9 Å². The molecule has 1 atom stereocenters. The van der Waals surface area contributed by atoms with E-state index in [1.807, 2.05) is 6.07 Å². The Morgan fingerprint density at radius 1 is 0.878 bits per heavy atom. The van der Waals surface area contributed by atoms with E-state index in [0.717, 1.165) is 57.1 Å². The van der Waals surface area contributed by atoms with Crippen LogP contribution in [0.5, 0.6) is 5.75 Å². The quantitative estimate of drug-likeness (QED) is 0.124. The fourth-order valence-electron chi connectivity index (χ4n) is 4.34. The third kappa shape index (κ3) is 11.4. The van der Waals surface area contributed by atoms with Crippen molar-refractivity contribution in [3.8, 4) is 5.75 Å². The molecule has 0 saturated heterocycles. The van der Waals surface area contributed by atoms with Crippen molar-refractivity contribution in [2.24, 2.45) is 0 Å². The molecule has 0 fully saturated rings. The fourth-order valence-corrected chi connectivity index (χ4v) is 5.47. The first-order valence-electron chi connectivity index (χ1n) is 14.0. The van der Waals surface area contributed by atoms with Gasteiger partial charge in [-0.25, -0.2) is 12.8 Å². The Hall–Kier alpha value is -3.02. The second-order valence-corrected chi connectivity index (χ2v) is 11.7. The van der Waals surface area contributed by atoms with Crippen LogP contribution >= 0.6 is 0 Å². The Bertz CT molecular complexity index is 1300. The van der Waals surface area contributed by atoms with Crippen LogP contribution in [0.25, 0.3) is 0 Å². The summed E-state index contributed by atoms with van der Waals surface area (Å²) in [5.41, 5.74) is 2.31. The SMILES string of the molecule is O=S(=O)(Nc1ccc(F)cc1)c1cccc(CCCCOCCCCCCNC[C@H](O)c2ccc(O)c(CO)c2)c1. The molecule has 3 aromatic rings. The maximum atomic E-state index is 13.1. The summed E-state index contributed by atoms with van der Waals surface area (Å²) in [6.45, 7) is 2.31. The van der Waals surface area contributed by atoms with E-state index in [4.69, 9.17) is 4.74 Å². The first-order valence-corrected chi connectivity index (χ1v) is 15.5. The number of halogens is 1. The number of ether oxygens (including phenoxy) is 1. The number of unbranched alkanes of at least 4 members (excludes halogenated alkanes) is 4. The molecular weight excluding hydrogens is 547 g/mol. The smallest absolute Gasteiger partial charge is 0.261 e. The molecule has 5 N–H and O–H groups in total. The lowest BCUT2D eigenvalue weighted by Gasteiger charge is -2.14. The van der Waals surface area contributed by atoms with Crippen LogP contribution in [0.1, 0.15) is 61.3 Å². The fraction of sp³-hybridized carbons (Fsp3) is 0.419. The van der Waals surface area contributed by atoms with Crippen molar-refractivity contribution in [2.75, 3.05) is 31.0 Å². The van der Waals surface area contributed by atoms with E-state index >= 15 is 0 Å². The molecule has 41 heavy (non-hydrogen) atoms. The van der Waals surface area contributed by atoms with Crippen LogP contribution in [-0.2, 0) is 27.8 Å². The van der Waals surface area contributed by atoms with Crippen LogP contribution < -0.4 is 10.0 Å². The second kappa shape index (κ2) is 17.1. The minimum absolute atomic E-state index is 0.0237. The van der Waals surface area contributed by atoms with E-state index in [1.165, 1.54) is 30.3 Å². The van der Waals surface area contributed by atoms with Crippen molar-refractivity contribution in [1.82, 2.24) is 5.32 Å². The highest BCUT2D eigenvalue weighted by Gasteiger charge is 2.15. The first-order chi connectivity index (χ1) is 19.8. The van der Waals surface area contributed by atoms with Gasteiger partial charge in [-0.05, 0) is 98.3 Å². The molecule has 0 amide bonds. The van der Waals surface area contributed by atoms with Gasteiger partial charge in [0.05, 0.1) is 17.6 Å². The Morgan fingerprint density at radius 3 is 2.37 bits per heavy atom. The zero-order valence-corrected chi connectivity index (χ0v) is 24.1. The minimum Gasteiger partial charge on any atom is -0.508 e. The number of phenols is 1. The zero-order chi connectivity index (χ0) is 29.5. The summed E-state index contributed by atoms with van der Waals surface area (Å²) in [6.07, 6.45) is 5.94. The molecule has 0 aliphatic carbocycles. The van der Waals surface area contributed by atoms with Crippen molar-refractivity contribution in [2.45, 2.75) is 62.6 Å². The van der Waals surface area contributed by atoms with Crippen LogP contribution in [0.3, 0.4) is 0 Å². The lowest BCUT2D eigenvalue weighted by molar-refractivity contribution is 0.126.